The van der Waals surface area contributed by atoms with Gasteiger partial charge in [-0.2, -0.15) is 5.26 Å². The fourth-order valence-electron chi connectivity index (χ4n) is 1.48. The summed E-state index contributed by atoms with van der Waals surface area (Å²) in [5.74, 6) is 0. The number of H-pyrrole nitrogens is 1. The summed E-state index contributed by atoms with van der Waals surface area (Å²) in [7, 11) is 0. The molecule has 2 N–H and O–H groups in total. The highest BCUT2D eigenvalue weighted by Gasteiger charge is 2.10. The zero-order chi connectivity index (χ0) is 10.7. The highest BCUT2D eigenvalue weighted by atomic mass is 16.1. The molecule has 0 atom stereocenters. The molecule has 0 saturated carbocycles. The molecule has 0 saturated heterocycles. The van der Waals surface area contributed by atoms with Gasteiger partial charge in [0, 0.05) is 17.8 Å². The number of aromatic nitrogens is 1. The van der Waals surface area contributed by atoms with Crippen LogP contribution in [-0.4, -0.2) is 17.8 Å². The van der Waals surface area contributed by atoms with E-state index < -0.39 is 0 Å². The quantitative estimate of drug-likeness (QED) is 0.703. The van der Waals surface area contributed by atoms with Crippen molar-refractivity contribution in [1.29, 1.82) is 5.26 Å². The Morgan fingerprint density at radius 1 is 1.47 bits per heavy atom. The molecular formula is C11H9N3O. The molecule has 74 valence electrons. The molecular weight excluding hydrogens is 190 g/mol. The van der Waals surface area contributed by atoms with Gasteiger partial charge in [0.25, 0.3) is 0 Å². The van der Waals surface area contributed by atoms with Gasteiger partial charge in [-0.1, -0.05) is 12.2 Å². The first-order chi connectivity index (χ1) is 7.35. The van der Waals surface area contributed by atoms with Gasteiger partial charge < -0.3 is 10.3 Å². The Hall–Kier alpha value is -2.28. The van der Waals surface area contributed by atoms with Crippen LogP contribution in [0.2, 0.25) is 0 Å². The summed E-state index contributed by atoms with van der Waals surface area (Å²) in [4.78, 5) is 13.4. The first-order valence-electron chi connectivity index (χ1n) is 4.54. The van der Waals surface area contributed by atoms with E-state index in [-0.39, 0.29) is 0 Å². The van der Waals surface area contributed by atoms with Crippen LogP contribution < -0.4 is 5.32 Å². The standard InChI is InChI=1S/C11H9N3O/c12-6-11-9(2-1-5-13-11)10-4-3-8(7-15)14-10/h1-4,7,13-14H,5H2. The molecule has 2 heterocycles. The lowest BCUT2D eigenvalue weighted by atomic mass is 10.1. The number of dihydropyridines is 1. The van der Waals surface area contributed by atoms with E-state index in [4.69, 9.17) is 5.26 Å². The Kier molecular flexibility index (Phi) is 2.38. The van der Waals surface area contributed by atoms with E-state index in [1.54, 1.807) is 12.1 Å². The molecule has 4 heteroatoms. The first kappa shape index (κ1) is 9.28. The van der Waals surface area contributed by atoms with Crippen LogP contribution in [-0.2, 0) is 0 Å². The smallest absolute Gasteiger partial charge is 0.166 e. The van der Waals surface area contributed by atoms with Crippen molar-refractivity contribution in [3.05, 3.63) is 41.4 Å². The predicted octanol–water partition coefficient (Wildman–Crippen LogP) is 1.22. The van der Waals surface area contributed by atoms with Crippen LogP contribution in [0, 0.1) is 11.3 Å². The number of allylic oxidation sites excluding steroid dienone is 3. The van der Waals surface area contributed by atoms with Crippen molar-refractivity contribution < 1.29 is 4.79 Å². The average Bonchev–Trinajstić information content (AvgIpc) is 2.77. The van der Waals surface area contributed by atoms with E-state index in [0.29, 0.717) is 17.9 Å². The van der Waals surface area contributed by atoms with Crippen molar-refractivity contribution >= 4 is 11.9 Å². The summed E-state index contributed by atoms with van der Waals surface area (Å²) in [5, 5.41) is 11.9. The maximum atomic E-state index is 10.5. The topological polar surface area (TPSA) is 68.7 Å². The van der Waals surface area contributed by atoms with Gasteiger partial charge in [0.05, 0.1) is 5.69 Å². The van der Waals surface area contributed by atoms with Crippen LogP contribution in [0.3, 0.4) is 0 Å². The van der Waals surface area contributed by atoms with Gasteiger partial charge in [-0.05, 0) is 12.1 Å². The molecule has 1 aliphatic rings. The highest BCUT2D eigenvalue weighted by Crippen LogP contribution is 2.20. The summed E-state index contributed by atoms with van der Waals surface area (Å²) in [6, 6.07) is 5.56. The minimum Gasteiger partial charge on any atom is -0.372 e. The normalized spacial score (nSPS) is 14.6. The second-order valence-electron chi connectivity index (χ2n) is 3.13. The lowest BCUT2D eigenvalue weighted by Gasteiger charge is -2.10. The number of nitrogens with one attached hydrogen (secondary N) is 2. The van der Waals surface area contributed by atoms with E-state index in [1.807, 2.05) is 12.2 Å². The van der Waals surface area contributed by atoms with Crippen molar-refractivity contribution in [2.45, 2.75) is 0 Å². The maximum Gasteiger partial charge on any atom is 0.166 e. The summed E-state index contributed by atoms with van der Waals surface area (Å²) < 4.78 is 0. The van der Waals surface area contributed by atoms with Gasteiger partial charge in [0.2, 0.25) is 0 Å². The number of nitrogens with zero attached hydrogens (tertiary/aromatic N) is 1. The van der Waals surface area contributed by atoms with Crippen molar-refractivity contribution in [3.63, 3.8) is 0 Å². The zero-order valence-corrected chi connectivity index (χ0v) is 7.95. The molecule has 2 rings (SSSR count). The molecule has 0 fully saturated rings. The summed E-state index contributed by atoms with van der Waals surface area (Å²) in [6.07, 6.45) is 4.54. The van der Waals surface area contributed by atoms with Gasteiger partial charge in [0.15, 0.2) is 6.29 Å². The number of nitriles is 1. The first-order valence-corrected chi connectivity index (χ1v) is 4.54. The zero-order valence-electron chi connectivity index (χ0n) is 7.95. The summed E-state index contributed by atoms with van der Waals surface area (Å²) in [6.45, 7) is 0.660. The molecule has 15 heavy (non-hydrogen) atoms. The van der Waals surface area contributed by atoms with E-state index in [1.165, 1.54) is 0 Å². The average molecular weight is 199 g/mol. The lowest BCUT2D eigenvalue weighted by molar-refractivity contribution is 0.111. The molecule has 4 nitrogen and oxygen atoms in total. The largest absolute Gasteiger partial charge is 0.372 e. The number of carbonyl (C=O) groups is 1. The molecule has 0 bridgehead atoms. The molecule has 0 spiro atoms. The van der Waals surface area contributed by atoms with Gasteiger partial charge in [-0.15, -0.1) is 0 Å². The Balaban J connectivity index is 2.45. The number of carbonyl (C=O) groups excluding carboxylic acids is 1. The Labute approximate surface area is 86.9 Å². The number of rotatable bonds is 2. The highest BCUT2D eigenvalue weighted by molar-refractivity contribution is 5.81. The molecule has 1 aromatic heterocycles. The Morgan fingerprint density at radius 3 is 3.00 bits per heavy atom. The van der Waals surface area contributed by atoms with Crippen molar-refractivity contribution in [3.8, 4) is 6.07 Å². The Morgan fingerprint density at radius 2 is 2.33 bits per heavy atom. The van der Waals surface area contributed by atoms with Crippen LogP contribution in [0.1, 0.15) is 16.2 Å². The van der Waals surface area contributed by atoms with Gasteiger partial charge in [-0.3, -0.25) is 4.79 Å². The molecule has 0 radical (unpaired) electrons. The third-order valence-electron chi connectivity index (χ3n) is 2.19. The van der Waals surface area contributed by atoms with Crippen LogP contribution in [0.25, 0.3) is 5.57 Å². The summed E-state index contributed by atoms with van der Waals surface area (Å²) in [5.41, 5.74) is 2.60. The van der Waals surface area contributed by atoms with E-state index in [9.17, 15) is 4.79 Å². The minimum absolute atomic E-state index is 0.508. The Bertz CT molecular complexity index is 488. The second-order valence-corrected chi connectivity index (χ2v) is 3.13. The fraction of sp³-hybridized carbons (Fsp3) is 0.0909. The SMILES string of the molecule is N#CC1=C(c2ccc(C=O)[nH]2)C=CCN1. The number of aromatic amines is 1. The number of hydrogen-bond acceptors (Lipinski definition) is 3. The third-order valence-corrected chi connectivity index (χ3v) is 2.19. The van der Waals surface area contributed by atoms with Crippen LogP contribution in [0.15, 0.2) is 30.0 Å². The van der Waals surface area contributed by atoms with Crippen LogP contribution >= 0.6 is 0 Å². The predicted molar refractivity (Wildman–Crippen MR) is 55.9 cm³/mol. The number of aldehydes is 1. The van der Waals surface area contributed by atoms with E-state index in [2.05, 4.69) is 16.4 Å². The van der Waals surface area contributed by atoms with Crippen molar-refractivity contribution in [2.75, 3.05) is 6.54 Å². The molecule has 0 aliphatic carbocycles. The minimum atomic E-state index is 0.508. The molecule has 0 aromatic carbocycles. The van der Waals surface area contributed by atoms with Gasteiger partial charge in [0.1, 0.15) is 11.8 Å². The van der Waals surface area contributed by atoms with Crippen molar-refractivity contribution in [2.24, 2.45) is 0 Å². The van der Waals surface area contributed by atoms with E-state index >= 15 is 0 Å². The maximum absolute atomic E-state index is 10.5. The summed E-state index contributed by atoms with van der Waals surface area (Å²) >= 11 is 0. The molecule has 1 aromatic rings. The monoisotopic (exact) mass is 199 g/mol. The molecule has 0 amide bonds. The van der Waals surface area contributed by atoms with Crippen LogP contribution in [0.5, 0.6) is 0 Å². The molecule has 1 aliphatic heterocycles. The van der Waals surface area contributed by atoms with Gasteiger partial charge >= 0.3 is 0 Å². The second kappa shape index (κ2) is 3.84. The van der Waals surface area contributed by atoms with Crippen molar-refractivity contribution in [1.82, 2.24) is 10.3 Å². The van der Waals surface area contributed by atoms with Gasteiger partial charge in [-0.25, -0.2) is 0 Å². The number of hydrogen-bond donors (Lipinski definition) is 2. The third kappa shape index (κ3) is 1.67. The van der Waals surface area contributed by atoms with Crippen LogP contribution in [0.4, 0.5) is 0 Å². The fourth-order valence-corrected chi connectivity index (χ4v) is 1.48. The van der Waals surface area contributed by atoms with E-state index in [0.717, 1.165) is 17.6 Å². The lowest BCUT2D eigenvalue weighted by Crippen LogP contribution is -2.16. The molecule has 0 unspecified atom stereocenters.